The molecule has 4 rings (SSSR count). The zero-order chi connectivity index (χ0) is 13.0. The van der Waals surface area contributed by atoms with Gasteiger partial charge in [0.15, 0.2) is 0 Å². The summed E-state index contributed by atoms with van der Waals surface area (Å²) in [6, 6.07) is 10.5. The fourth-order valence-electron chi connectivity index (χ4n) is 3.30. The molecular formula is C17H14N2. The predicted octanol–water partition coefficient (Wildman–Crippen LogP) is 3.89. The number of fused-ring (bicyclic) bond motifs is 5. The van der Waals surface area contributed by atoms with Crippen molar-refractivity contribution in [3.8, 4) is 0 Å². The van der Waals surface area contributed by atoms with Crippen molar-refractivity contribution >= 4 is 17.0 Å². The molecule has 1 unspecified atom stereocenters. The van der Waals surface area contributed by atoms with Gasteiger partial charge in [0, 0.05) is 18.0 Å². The van der Waals surface area contributed by atoms with E-state index in [-0.39, 0.29) is 5.41 Å². The Balaban J connectivity index is 2.08. The second-order valence-electron chi connectivity index (χ2n) is 5.43. The third-order valence-electron chi connectivity index (χ3n) is 4.19. The van der Waals surface area contributed by atoms with E-state index < -0.39 is 0 Å². The molecule has 2 heterocycles. The molecule has 92 valence electrons. The van der Waals surface area contributed by atoms with Crippen molar-refractivity contribution in [1.82, 2.24) is 4.98 Å². The molecule has 1 aromatic heterocycles. The van der Waals surface area contributed by atoms with Crippen LogP contribution in [0, 0.1) is 0 Å². The average Bonchev–Trinajstić information content (AvgIpc) is 2.73. The van der Waals surface area contributed by atoms with Crippen LogP contribution in [-0.4, -0.2) is 10.7 Å². The van der Waals surface area contributed by atoms with Gasteiger partial charge < -0.3 is 0 Å². The van der Waals surface area contributed by atoms with Crippen molar-refractivity contribution < 1.29 is 0 Å². The molecule has 19 heavy (non-hydrogen) atoms. The van der Waals surface area contributed by atoms with E-state index in [0.29, 0.717) is 0 Å². The zero-order valence-electron chi connectivity index (χ0n) is 11.0. The topological polar surface area (TPSA) is 25.2 Å². The standard InChI is InChI=1S/C17H14N2/c1-11-9-17(2)14-5-3-4-6-15(14)19-16(17)13-10-18-8-7-12(11)13/h3-10H,1-2H3. The van der Waals surface area contributed by atoms with E-state index in [1.54, 1.807) is 0 Å². The van der Waals surface area contributed by atoms with Crippen LogP contribution >= 0.6 is 0 Å². The van der Waals surface area contributed by atoms with E-state index in [9.17, 15) is 0 Å². The molecule has 0 saturated carbocycles. The highest BCUT2D eigenvalue weighted by molar-refractivity contribution is 6.18. The Morgan fingerprint density at radius 2 is 1.89 bits per heavy atom. The Morgan fingerprint density at radius 1 is 1.05 bits per heavy atom. The van der Waals surface area contributed by atoms with Crippen LogP contribution in [0.4, 0.5) is 5.69 Å². The van der Waals surface area contributed by atoms with Crippen LogP contribution in [0.1, 0.15) is 30.5 Å². The molecule has 0 N–H and O–H groups in total. The van der Waals surface area contributed by atoms with Gasteiger partial charge >= 0.3 is 0 Å². The summed E-state index contributed by atoms with van der Waals surface area (Å²) in [5.41, 5.74) is 7.11. The lowest BCUT2D eigenvalue weighted by atomic mass is 9.71. The summed E-state index contributed by atoms with van der Waals surface area (Å²) >= 11 is 0. The molecule has 2 nitrogen and oxygen atoms in total. The lowest BCUT2D eigenvalue weighted by molar-refractivity contribution is 0.826. The number of para-hydroxylation sites is 1. The van der Waals surface area contributed by atoms with Crippen LogP contribution in [0.2, 0.25) is 0 Å². The molecule has 1 aliphatic heterocycles. The van der Waals surface area contributed by atoms with Gasteiger partial charge in [-0.25, -0.2) is 0 Å². The third kappa shape index (κ3) is 1.26. The van der Waals surface area contributed by atoms with Crippen LogP contribution in [-0.2, 0) is 5.41 Å². The van der Waals surface area contributed by atoms with E-state index in [2.05, 4.69) is 49.2 Å². The fraction of sp³-hybridized carbons (Fsp3) is 0.176. The van der Waals surface area contributed by atoms with Crippen LogP contribution in [0.5, 0.6) is 0 Å². The molecule has 2 aromatic rings. The number of pyridine rings is 1. The highest BCUT2D eigenvalue weighted by Crippen LogP contribution is 2.47. The molecule has 2 aliphatic rings. The maximum Gasteiger partial charge on any atom is 0.0678 e. The Kier molecular flexibility index (Phi) is 1.92. The van der Waals surface area contributed by atoms with E-state index >= 15 is 0 Å². The quantitative estimate of drug-likeness (QED) is 0.692. The van der Waals surface area contributed by atoms with Crippen molar-refractivity contribution in [3.05, 3.63) is 65.5 Å². The first-order valence-corrected chi connectivity index (χ1v) is 6.53. The van der Waals surface area contributed by atoms with E-state index in [1.165, 1.54) is 22.3 Å². The monoisotopic (exact) mass is 246 g/mol. The van der Waals surface area contributed by atoms with Gasteiger partial charge in [-0.15, -0.1) is 0 Å². The number of allylic oxidation sites excluding steroid dienone is 2. The van der Waals surface area contributed by atoms with Gasteiger partial charge in [0.05, 0.1) is 16.8 Å². The zero-order valence-corrected chi connectivity index (χ0v) is 11.0. The predicted molar refractivity (Wildman–Crippen MR) is 77.9 cm³/mol. The van der Waals surface area contributed by atoms with E-state index in [0.717, 1.165) is 11.4 Å². The summed E-state index contributed by atoms with van der Waals surface area (Å²) < 4.78 is 0. The van der Waals surface area contributed by atoms with Crippen LogP contribution in [0.3, 0.4) is 0 Å². The molecule has 1 aliphatic carbocycles. The second-order valence-corrected chi connectivity index (χ2v) is 5.43. The van der Waals surface area contributed by atoms with E-state index in [1.807, 2.05) is 18.5 Å². The maximum absolute atomic E-state index is 4.85. The maximum atomic E-state index is 4.85. The molecule has 0 saturated heterocycles. The fourth-order valence-corrected chi connectivity index (χ4v) is 3.30. The Hall–Kier alpha value is -2.22. The molecule has 0 fully saturated rings. The summed E-state index contributed by atoms with van der Waals surface area (Å²) in [5.74, 6) is 0. The van der Waals surface area contributed by atoms with Crippen molar-refractivity contribution in [3.63, 3.8) is 0 Å². The lowest BCUT2D eigenvalue weighted by Crippen LogP contribution is -2.31. The van der Waals surface area contributed by atoms with Gasteiger partial charge in [-0.1, -0.05) is 24.3 Å². The number of rotatable bonds is 0. The van der Waals surface area contributed by atoms with Gasteiger partial charge in [0.2, 0.25) is 0 Å². The number of hydrogen-bond donors (Lipinski definition) is 0. The molecule has 0 bridgehead atoms. The number of benzene rings is 1. The SMILES string of the molecule is CC1=CC2(C)C(=Nc3ccccc32)c2cnccc21. The molecular weight excluding hydrogens is 232 g/mol. The minimum absolute atomic E-state index is 0.114. The first-order valence-electron chi connectivity index (χ1n) is 6.53. The molecule has 0 spiro atoms. The minimum Gasteiger partial charge on any atom is -0.264 e. The number of nitrogens with zero attached hydrogens (tertiary/aromatic N) is 2. The highest BCUT2D eigenvalue weighted by atomic mass is 14.8. The van der Waals surface area contributed by atoms with Crippen LogP contribution in [0.25, 0.3) is 5.57 Å². The van der Waals surface area contributed by atoms with Crippen LogP contribution < -0.4 is 0 Å². The lowest BCUT2D eigenvalue weighted by Gasteiger charge is -2.30. The van der Waals surface area contributed by atoms with Gasteiger partial charge in [-0.3, -0.25) is 9.98 Å². The van der Waals surface area contributed by atoms with Crippen molar-refractivity contribution in [2.75, 3.05) is 0 Å². The molecule has 0 amide bonds. The second kappa shape index (κ2) is 3.41. The van der Waals surface area contributed by atoms with Gasteiger partial charge in [-0.05, 0) is 42.7 Å². The Morgan fingerprint density at radius 3 is 2.79 bits per heavy atom. The Labute approximate surface area is 112 Å². The normalized spacial score (nSPS) is 23.1. The molecule has 2 heteroatoms. The first kappa shape index (κ1) is 10.7. The average molecular weight is 246 g/mol. The van der Waals surface area contributed by atoms with Gasteiger partial charge in [-0.2, -0.15) is 0 Å². The molecule has 1 atom stereocenters. The number of aromatic nitrogens is 1. The number of hydrogen-bond acceptors (Lipinski definition) is 2. The minimum atomic E-state index is -0.114. The van der Waals surface area contributed by atoms with E-state index in [4.69, 9.17) is 4.99 Å². The summed E-state index contributed by atoms with van der Waals surface area (Å²) in [7, 11) is 0. The largest absolute Gasteiger partial charge is 0.264 e. The van der Waals surface area contributed by atoms with Crippen molar-refractivity contribution in [2.45, 2.75) is 19.3 Å². The van der Waals surface area contributed by atoms with Crippen LogP contribution in [0.15, 0.2) is 53.8 Å². The summed E-state index contributed by atoms with van der Waals surface area (Å²) in [4.78, 5) is 9.13. The van der Waals surface area contributed by atoms with Gasteiger partial charge in [0.1, 0.15) is 0 Å². The number of aliphatic imine (C=N–C) groups is 1. The summed E-state index contributed by atoms with van der Waals surface area (Å²) in [6.45, 7) is 4.42. The van der Waals surface area contributed by atoms with Gasteiger partial charge in [0.25, 0.3) is 0 Å². The third-order valence-corrected chi connectivity index (χ3v) is 4.19. The molecule has 1 aromatic carbocycles. The molecule has 0 radical (unpaired) electrons. The summed E-state index contributed by atoms with van der Waals surface area (Å²) in [5, 5.41) is 0. The van der Waals surface area contributed by atoms with Crippen molar-refractivity contribution in [1.29, 1.82) is 0 Å². The summed E-state index contributed by atoms with van der Waals surface area (Å²) in [6.07, 6.45) is 6.12. The first-order chi connectivity index (χ1) is 9.20. The Bertz CT molecular complexity index is 755. The highest BCUT2D eigenvalue weighted by Gasteiger charge is 2.41. The van der Waals surface area contributed by atoms with Crippen molar-refractivity contribution in [2.24, 2.45) is 4.99 Å². The smallest absolute Gasteiger partial charge is 0.0678 e.